The molecule has 0 unspecified atom stereocenters. The number of nitrogens with zero attached hydrogens (tertiary/aromatic N) is 2. The second kappa shape index (κ2) is 3.91. The minimum absolute atomic E-state index is 0. The fourth-order valence-corrected chi connectivity index (χ4v) is 1.58. The van der Waals surface area contributed by atoms with E-state index in [1.54, 1.807) is 0 Å². The Hall–Kier alpha value is -0.540. The molecule has 0 amide bonds. The largest absolute Gasteiger partial charge is 0.312 e. The third kappa shape index (κ3) is 2.10. The maximum Gasteiger partial charge on any atom is 0.0682 e. The summed E-state index contributed by atoms with van der Waals surface area (Å²) in [5.74, 6) is 0. The quantitative estimate of drug-likeness (QED) is 0.714. The van der Waals surface area contributed by atoms with Gasteiger partial charge < -0.3 is 5.32 Å². The Morgan fingerprint density at radius 2 is 2.14 bits per heavy atom. The van der Waals surface area contributed by atoms with E-state index in [1.807, 2.05) is 0 Å². The first-order valence-electron chi connectivity index (χ1n) is 4.86. The lowest BCUT2D eigenvalue weighted by atomic mass is 10.1. The van der Waals surface area contributed by atoms with E-state index in [2.05, 4.69) is 42.1 Å². The summed E-state index contributed by atoms with van der Waals surface area (Å²) >= 11 is 0. The Bertz CT molecular complexity index is 288. The van der Waals surface area contributed by atoms with E-state index >= 15 is 0 Å². The predicted molar refractivity (Wildman–Crippen MR) is 59.9 cm³/mol. The van der Waals surface area contributed by atoms with Crippen LogP contribution in [0.2, 0.25) is 0 Å². The van der Waals surface area contributed by atoms with Crippen molar-refractivity contribution in [1.82, 2.24) is 15.1 Å². The molecule has 1 aliphatic heterocycles. The van der Waals surface area contributed by atoms with E-state index < -0.39 is 0 Å². The van der Waals surface area contributed by atoms with Crippen LogP contribution in [0, 0.1) is 0 Å². The van der Waals surface area contributed by atoms with Crippen LogP contribution < -0.4 is 5.32 Å². The van der Waals surface area contributed by atoms with E-state index in [0.29, 0.717) is 0 Å². The molecule has 3 nitrogen and oxygen atoms in total. The second-order valence-electron chi connectivity index (χ2n) is 4.64. The number of rotatable bonds is 0. The third-order valence-corrected chi connectivity index (χ3v) is 2.42. The number of hydrogen-bond donors (Lipinski definition) is 1. The highest BCUT2D eigenvalue weighted by Gasteiger charge is 2.19. The summed E-state index contributed by atoms with van der Waals surface area (Å²) in [4.78, 5) is 0. The molecule has 0 radical (unpaired) electrons. The highest BCUT2D eigenvalue weighted by atomic mass is 35.5. The number of halogens is 1. The minimum Gasteiger partial charge on any atom is -0.312 e. The van der Waals surface area contributed by atoms with E-state index in [4.69, 9.17) is 0 Å². The summed E-state index contributed by atoms with van der Waals surface area (Å²) in [6.07, 6.45) is 3.24. The molecule has 2 heterocycles. The molecule has 2 rings (SSSR count). The average Bonchev–Trinajstić information content (AvgIpc) is 2.45. The molecule has 1 aliphatic rings. The Kier molecular flexibility index (Phi) is 3.22. The Balaban J connectivity index is 0.000000980. The predicted octanol–water partition coefficient (Wildman–Crippen LogP) is 1.71. The number of aromatic nitrogens is 2. The molecule has 80 valence electrons. The topological polar surface area (TPSA) is 29.9 Å². The van der Waals surface area contributed by atoms with Crippen LogP contribution >= 0.6 is 12.4 Å². The molecule has 4 heteroatoms. The van der Waals surface area contributed by atoms with Gasteiger partial charge in [0.25, 0.3) is 0 Å². The highest BCUT2D eigenvalue weighted by molar-refractivity contribution is 5.85. The molecule has 0 saturated carbocycles. The molecular weight excluding hydrogens is 198 g/mol. The van der Waals surface area contributed by atoms with Crippen LogP contribution in [0.3, 0.4) is 0 Å². The Morgan fingerprint density at radius 1 is 1.43 bits per heavy atom. The molecule has 0 fully saturated rings. The molecule has 0 aliphatic carbocycles. The number of hydrogen-bond acceptors (Lipinski definition) is 2. The minimum atomic E-state index is 0. The molecule has 14 heavy (non-hydrogen) atoms. The Morgan fingerprint density at radius 3 is 2.71 bits per heavy atom. The zero-order valence-electron chi connectivity index (χ0n) is 9.00. The lowest BCUT2D eigenvalue weighted by molar-refractivity contribution is 0.353. The van der Waals surface area contributed by atoms with Gasteiger partial charge in [0.15, 0.2) is 0 Å². The zero-order chi connectivity index (χ0) is 9.47. The highest BCUT2D eigenvalue weighted by Crippen LogP contribution is 2.18. The normalized spacial score (nSPS) is 15.9. The summed E-state index contributed by atoms with van der Waals surface area (Å²) in [5, 5.41) is 7.95. The number of fused-ring (bicyclic) bond motifs is 1. The van der Waals surface area contributed by atoms with Crippen molar-refractivity contribution in [2.45, 2.75) is 39.3 Å². The maximum atomic E-state index is 4.60. The van der Waals surface area contributed by atoms with Gasteiger partial charge in [-0.25, -0.2) is 0 Å². The first kappa shape index (κ1) is 11.5. The van der Waals surface area contributed by atoms with Gasteiger partial charge in [0, 0.05) is 31.3 Å². The van der Waals surface area contributed by atoms with E-state index in [9.17, 15) is 0 Å². The monoisotopic (exact) mass is 215 g/mol. The van der Waals surface area contributed by atoms with E-state index in [1.165, 1.54) is 11.3 Å². The van der Waals surface area contributed by atoms with Crippen molar-refractivity contribution in [2.24, 2.45) is 0 Å². The van der Waals surface area contributed by atoms with Crippen molar-refractivity contribution in [1.29, 1.82) is 0 Å². The van der Waals surface area contributed by atoms with Crippen LogP contribution in [0.15, 0.2) is 6.20 Å². The lowest BCUT2D eigenvalue weighted by Crippen LogP contribution is -2.23. The standard InChI is InChI=1S/C10H17N3.ClH/c1-10(2,3)13-7-8-6-11-5-4-9(8)12-13;/h7,11H,4-6H2,1-3H3;1H. The van der Waals surface area contributed by atoms with Gasteiger partial charge in [0.05, 0.1) is 11.2 Å². The Labute approximate surface area is 91.3 Å². The van der Waals surface area contributed by atoms with Gasteiger partial charge in [-0.05, 0) is 20.8 Å². The maximum absolute atomic E-state index is 4.60. The van der Waals surface area contributed by atoms with Crippen molar-refractivity contribution < 1.29 is 0 Å². The van der Waals surface area contributed by atoms with Crippen molar-refractivity contribution in [3.05, 3.63) is 17.5 Å². The van der Waals surface area contributed by atoms with Gasteiger partial charge in [0.2, 0.25) is 0 Å². The first-order valence-corrected chi connectivity index (χ1v) is 4.86. The van der Waals surface area contributed by atoms with Crippen molar-refractivity contribution in [2.75, 3.05) is 6.54 Å². The van der Waals surface area contributed by atoms with Gasteiger partial charge in [-0.15, -0.1) is 12.4 Å². The van der Waals surface area contributed by atoms with Crippen LogP contribution in [-0.2, 0) is 18.5 Å². The fraction of sp³-hybridized carbons (Fsp3) is 0.700. The van der Waals surface area contributed by atoms with Crippen molar-refractivity contribution in [3.63, 3.8) is 0 Å². The van der Waals surface area contributed by atoms with Gasteiger partial charge >= 0.3 is 0 Å². The molecule has 0 aromatic carbocycles. The van der Waals surface area contributed by atoms with Crippen LogP contribution in [0.1, 0.15) is 32.0 Å². The van der Waals surface area contributed by atoms with Crippen LogP contribution in [-0.4, -0.2) is 16.3 Å². The van der Waals surface area contributed by atoms with Crippen molar-refractivity contribution in [3.8, 4) is 0 Å². The van der Waals surface area contributed by atoms with Crippen LogP contribution in [0.5, 0.6) is 0 Å². The average molecular weight is 216 g/mol. The van der Waals surface area contributed by atoms with Gasteiger partial charge in [-0.2, -0.15) is 5.10 Å². The summed E-state index contributed by atoms with van der Waals surface area (Å²) < 4.78 is 2.07. The summed E-state index contributed by atoms with van der Waals surface area (Å²) in [6.45, 7) is 8.58. The van der Waals surface area contributed by atoms with Gasteiger partial charge in [0.1, 0.15) is 0 Å². The second-order valence-corrected chi connectivity index (χ2v) is 4.64. The smallest absolute Gasteiger partial charge is 0.0682 e. The number of nitrogens with one attached hydrogen (secondary N) is 1. The van der Waals surface area contributed by atoms with Crippen LogP contribution in [0.4, 0.5) is 0 Å². The molecule has 0 bridgehead atoms. The molecule has 1 N–H and O–H groups in total. The van der Waals surface area contributed by atoms with Crippen molar-refractivity contribution >= 4 is 12.4 Å². The molecule has 0 saturated heterocycles. The van der Waals surface area contributed by atoms with Gasteiger partial charge in [-0.3, -0.25) is 4.68 Å². The molecule has 1 aromatic rings. The van der Waals surface area contributed by atoms with E-state index in [-0.39, 0.29) is 17.9 Å². The SMILES string of the molecule is CC(C)(C)n1cc2c(n1)CCNC2.Cl. The van der Waals surface area contributed by atoms with Crippen LogP contribution in [0.25, 0.3) is 0 Å². The molecular formula is C10H18ClN3. The summed E-state index contributed by atoms with van der Waals surface area (Å²) in [7, 11) is 0. The molecule has 1 aromatic heterocycles. The summed E-state index contributed by atoms with van der Waals surface area (Å²) in [6, 6.07) is 0. The summed E-state index contributed by atoms with van der Waals surface area (Å²) in [5.41, 5.74) is 2.74. The first-order chi connectivity index (χ1) is 6.07. The molecule has 0 spiro atoms. The molecule has 0 atom stereocenters. The zero-order valence-corrected chi connectivity index (χ0v) is 9.82. The lowest BCUT2D eigenvalue weighted by Gasteiger charge is -2.18. The fourth-order valence-electron chi connectivity index (χ4n) is 1.58. The van der Waals surface area contributed by atoms with Gasteiger partial charge in [-0.1, -0.05) is 0 Å². The van der Waals surface area contributed by atoms with E-state index in [0.717, 1.165) is 19.5 Å². The third-order valence-electron chi connectivity index (χ3n) is 2.42.